The van der Waals surface area contributed by atoms with Crippen molar-refractivity contribution >= 4 is 5.69 Å². The van der Waals surface area contributed by atoms with Gasteiger partial charge >= 0.3 is 0 Å². The van der Waals surface area contributed by atoms with Crippen molar-refractivity contribution in [1.82, 2.24) is 4.90 Å². The van der Waals surface area contributed by atoms with E-state index in [4.69, 9.17) is 4.74 Å². The summed E-state index contributed by atoms with van der Waals surface area (Å²) in [5.41, 5.74) is 1.10. The molecular formula is C13H20N2O. The zero-order chi connectivity index (χ0) is 11.5. The molecule has 0 aromatic heterocycles. The molecule has 0 bridgehead atoms. The molecule has 0 radical (unpaired) electrons. The van der Waals surface area contributed by atoms with E-state index in [1.54, 1.807) is 0 Å². The van der Waals surface area contributed by atoms with Crippen molar-refractivity contribution < 1.29 is 4.74 Å². The van der Waals surface area contributed by atoms with Gasteiger partial charge in [-0.05, 0) is 33.0 Å². The van der Waals surface area contributed by atoms with Gasteiger partial charge in [-0.15, -0.1) is 0 Å². The maximum Gasteiger partial charge on any atom is 0.142 e. The van der Waals surface area contributed by atoms with Crippen LogP contribution in [-0.2, 0) is 0 Å². The lowest BCUT2D eigenvalue weighted by Gasteiger charge is -2.31. The van der Waals surface area contributed by atoms with Crippen LogP contribution in [0.25, 0.3) is 0 Å². The quantitative estimate of drug-likeness (QED) is 0.845. The Labute approximate surface area is 97.4 Å². The van der Waals surface area contributed by atoms with Gasteiger partial charge in [0.05, 0.1) is 12.2 Å². The maximum absolute atomic E-state index is 5.95. The molecule has 0 aliphatic carbocycles. The number of hydrogen-bond acceptors (Lipinski definition) is 3. The van der Waals surface area contributed by atoms with Gasteiger partial charge in [-0.25, -0.2) is 0 Å². The van der Waals surface area contributed by atoms with Crippen LogP contribution in [-0.4, -0.2) is 37.2 Å². The van der Waals surface area contributed by atoms with Crippen molar-refractivity contribution in [3.8, 4) is 5.75 Å². The Balaban J connectivity index is 1.98. The van der Waals surface area contributed by atoms with Crippen molar-refractivity contribution in [3.63, 3.8) is 0 Å². The second-order valence-electron chi connectivity index (χ2n) is 4.65. The van der Waals surface area contributed by atoms with Crippen molar-refractivity contribution in [2.24, 2.45) is 0 Å². The first-order chi connectivity index (χ1) is 7.66. The highest BCUT2D eigenvalue weighted by molar-refractivity contribution is 5.57. The summed E-state index contributed by atoms with van der Waals surface area (Å²) in [6, 6.07) is 8.66. The van der Waals surface area contributed by atoms with Crippen LogP contribution < -0.4 is 10.1 Å². The Hall–Kier alpha value is -1.22. The Kier molecular flexibility index (Phi) is 3.34. The van der Waals surface area contributed by atoms with Crippen molar-refractivity contribution in [1.29, 1.82) is 0 Å². The topological polar surface area (TPSA) is 24.5 Å². The van der Waals surface area contributed by atoms with E-state index in [0.29, 0.717) is 6.04 Å². The molecule has 1 heterocycles. The van der Waals surface area contributed by atoms with Gasteiger partial charge in [0.15, 0.2) is 0 Å². The Bertz CT molecular complexity index is 352. The predicted octanol–water partition coefficient (Wildman–Crippen LogP) is 2.20. The number of anilines is 1. The lowest BCUT2D eigenvalue weighted by molar-refractivity contribution is 0.135. The van der Waals surface area contributed by atoms with Gasteiger partial charge in [0.2, 0.25) is 0 Å². The predicted molar refractivity (Wildman–Crippen MR) is 67.1 cm³/mol. The molecule has 1 aliphatic rings. The highest BCUT2D eigenvalue weighted by Crippen LogP contribution is 2.28. The number of hydrogen-bond donors (Lipinski definition) is 1. The molecule has 2 rings (SSSR count). The molecule has 0 amide bonds. The van der Waals surface area contributed by atoms with Crippen LogP contribution in [0.3, 0.4) is 0 Å². The largest absolute Gasteiger partial charge is 0.485 e. The summed E-state index contributed by atoms with van der Waals surface area (Å²) in [6.07, 6.45) is 0.238. The summed E-state index contributed by atoms with van der Waals surface area (Å²) in [4.78, 5) is 2.31. The van der Waals surface area contributed by atoms with E-state index >= 15 is 0 Å². The molecule has 1 atom stereocenters. The zero-order valence-electron chi connectivity index (χ0n) is 10.2. The molecule has 16 heavy (non-hydrogen) atoms. The molecule has 1 aromatic carbocycles. The first-order valence-corrected chi connectivity index (χ1v) is 5.86. The van der Waals surface area contributed by atoms with E-state index in [0.717, 1.165) is 24.5 Å². The summed E-state index contributed by atoms with van der Waals surface area (Å²) >= 11 is 0. The first-order valence-electron chi connectivity index (χ1n) is 5.86. The number of ether oxygens (including phenoxy) is 1. The number of fused-ring (bicyclic) bond motifs is 1. The lowest BCUT2D eigenvalue weighted by Crippen LogP contribution is -2.42. The van der Waals surface area contributed by atoms with Crippen LogP contribution in [0.4, 0.5) is 5.69 Å². The molecule has 1 unspecified atom stereocenters. The van der Waals surface area contributed by atoms with Crippen LogP contribution in [0.5, 0.6) is 5.75 Å². The minimum Gasteiger partial charge on any atom is -0.485 e. The first kappa shape index (κ1) is 11.3. The lowest BCUT2D eigenvalue weighted by atomic mass is 10.2. The summed E-state index contributed by atoms with van der Waals surface area (Å²) in [5, 5.41) is 3.41. The molecular weight excluding hydrogens is 200 g/mol. The number of benzene rings is 1. The summed E-state index contributed by atoms with van der Waals surface area (Å²) in [7, 11) is 2.13. The Morgan fingerprint density at radius 1 is 1.44 bits per heavy atom. The monoisotopic (exact) mass is 220 g/mol. The van der Waals surface area contributed by atoms with E-state index in [1.807, 2.05) is 18.2 Å². The number of rotatable bonds is 3. The fourth-order valence-corrected chi connectivity index (χ4v) is 1.79. The van der Waals surface area contributed by atoms with Gasteiger partial charge in [-0.3, -0.25) is 0 Å². The molecule has 88 valence electrons. The highest BCUT2D eigenvalue weighted by Gasteiger charge is 2.20. The third kappa shape index (κ3) is 2.47. The molecule has 1 aromatic rings. The minimum absolute atomic E-state index is 0.238. The zero-order valence-corrected chi connectivity index (χ0v) is 10.2. The van der Waals surface area contributed by atoms with E-state index in [-0.39, 0.29) is 6.10 Å². The Morgan fingerprint density at radius 3 is 2.94 bits per heavy atom. The summed E-state index contributed by atoms with van der Waals surface area (Å²) < 4.78 is 5.95. The number of nitrogens with zero attached hydrogens (tertiary/aromatic N) is 1. The fourth-order valence-electron chi connectivity index (χ4n) is 1.79. The maximum atomic E-state index is 5.95. The second-order valence-corrected chi connectivity index (χ2v) is 4.65. The SMILES string of the molecule is CC(C)N(C)CC1CNc2ccccc2O1. The molecule has 3 heteroatoms. The Morgan fingerprint density at radius 2 is 2.19 bits per heavy atom. The summed E-state index contributed by atoms with van der Waals surface area (Å²) in [5.74, 6) is 0.968. The van der Waals surface area contributed by atoms with E-state index < -0.39 is 0 Å². The van der Waals surface area contributed by atoms with Gasteiger partial charge in [0, 0.05) is 12.6 Å². The third-order valence-electron chi connectivity index (χ3n) is 3.07. The molecule has 3 nitrogen and oxygen atoms in total. The van der Waals surface area contributed by atoms with Crippen LogP contribution >= 0.6 is 0 Å². The minimum atomic E-state index is 0.238. The highest BCUT2D eigenvalue weighted by atomic mass is 16.5. The van der Waals surface area contributed by atoms with Crippen LogP contribution in [0.1, 0.15) is 13.8 Å². The molecule has 0 saturated heterocycles. The van der Waals surface area contributed by atoms with E-state index in [1.165, 1.54) is 0 Å². The number of likely N-dealkylation sites (N-methyl/N-ethyl adjacent to an activating group) is 1. The fraction of sp³-hybridized carbons (Fsp3) is 0.538. The van der Waals surface area contributed by atoms with Crippen LogP contribution in [0.2, 0.25) is 0 Å². The van der Waals surface area contributed by atoms with Gasteiger partial charge in [-0.2, -0.15) is 0 Å². The normalized spacial score (nSPS) is 19.2. The second kappa shape index (κ2) is 4.74. The average Bonchev–Trinajstić information content (AvgIpc) is 2.28. The van der Waals surface area contributed by atoms with Gasteiger partial charge in [0.25, 0.3) is 0 Å². The molecule has 0 spiro atoms. The van der Waals surface area contributed by atoms with Crippen molar-refractivity contribution in [3.05, 3.63) is 24.3 Å². The van der Waals surface area contributed by atoms with Crippen LogP contribution in [0.15, 0.2) is 24.3 Å². The van der Waals surface area contributed by atoms with E-state index in [2.05, 4.69) is 37.2 Å². The molecule has 1 aliphatic heterocycles. The van der Waals surface area contributed by atoms with Crippen LogP contribution in [0, 0.1) is 0 Å². The number of para-hydroxylation sites is 2. The van der Waals surface area contributed by atoms with Crippen molar-refractivity contribution in [2.45, 2.75) is 26.0 Å². The van der Waals surface area contributed by atoms with E-state index in [9.17, 15) is 0 Å². The van der Waals surface area contributed by atoms with Gasteiger partial charge in [-0.1, -0.05) is 12.1 Å². The van der Waals surface area contributed by atoms with Gasteiger partial charge < -0.3 is 15.0 Å². The average molecular weight is 220 g/mol. The molecule has 1 N–H and O–H groups in total. The standard InChI is InChI=1S/C13H20N2O/c1-10(2)15(3)9-11-8-14-12-6-4-5-7-13(12)16-11/h4-7,10-11,14H,8-9H2,1-3H3. The van der Waals surface area contributed by atoms with Crippen molar-refractivity contribution in [2.75, 3.05) is 25.5 Å². The third-order valence-corrected chi connectivity index (χ3v) is 3.07. The smallest absolute Gasteiger partial charge is 0.142 e. The number of nitrogens with one attached hydrogen (secondary N) is 1. The summed E-state index contributed by atoms with van der Waals surface area (Å²) in [6.45, 7) is 6.24. The molecule has 0 fully saturated rings. The van der Waals surface area contributed by atoms with Gasteiger partial charge in [0.1, 0.15) is 11.9 Å². The molecule has 0 saturated carbocycles.